The molecule has 1 atom stereocenters. The van der Waals surface area contributed by atoms with Crippen LogP contribution in [0.5, 0.6) is 5.75 Å². The lowest BCUT2D eigenvalue weighted by atomic mass is 10.1. The van der Waals surface area contributed by atoms with Gasteiger partial charge in [-0.3, -0.25) is 9.69 Å². The fourth-order valence-corrected chi connectivity index (χ4v) is 2.67. The summed E-state index contributed by atoms with van der Waals surface area (Å²) in [5, 5.41) is 4.92. The van der Waals surface area contributed by atoms with Gasteiger partial charge in [0.05, 0.1) is 12.6 Å². The molecule has 24 heavy (non-hydrogen) atoms. The number of nitrogens with one attached hydrogen (secondary N) is 1. The van der Waals surface area contributed by atoms with E-state index in [0.29, 0.717) is 18.7 Å². The van der Waals surface area contributed by atoms with Gasteiger partial charge < -0.3 is 14.2 Å². The SMILES string of the molecule is CCOc1ccc2[nH]c(=O)c(CN(C)C(C)c3ccon3)cc2c1. The monoisotopic (exact) mass is 327 g/mol. The molecular weight excluding hydrogens is 306 g/mol. The van der Waals surface area contributed by atoms with Crippen molar-refractivity contribution in [3.8, 4) is 5.75 Å². The van der Waals surface area contributed by atoms with Gasteiger partial charge >= 0.3 is 0 Å². The van der Waals surface area contributed by atoms with Crippen molar-refractivity contribution >= 4 is 10.9 Å². The van der Waals surface area contributed by atoms with Crippen molar-refractivity contribution in [2.45, 2.75) is 26.4 Å². The lowest BCUT2D eigenvalue weighted by Crippen LogP contribution is -2.26. The first-order valence-electron chi connectivity index (χ1n) is 7.97. The van der Waals surface area contributed by atoms with Crippen LogP contribution in [0.15, 0.2) is 45.9 Å². The zero-order valence-corrected chi connectivity index (χ0v) is 14.1. The highest BCUT2D eigenvalue weighted by molar-refractivity contribution is 5.80. The first kappa shape index (κ1) is 16.3. The second kappa shape index (κ2) is 6.88. The van der Waals surface area contributed by atoms with Crippen LogP contribution < -0.4 is 10.3 Å². The van der Waals surface area contributed by atoms with E-state index in [9.17, 15) is 4.79 Å². The molecule has 0 spiro atoms. The molecule has 6 heteroatoms. The number of rotatable bonds is 6. The summed E-state index contributed by atoms with van der Waals surface area (Å²) in [5.41, 5.74) is 2.27. The Kier molecular flexibility index (Phi) is 4.66. The number of fused-ring (bicyclic) bond motifs is 1. The van der Waals surface area contributed by atoms with Crippen LogP contribution >= 0.6 is 0 Å². The molecule has 2 aromatic heterocycles. The van der Waals surface area contributed by atoms with Crippen molar-refractivity contribution < 1.29 is 9.26 Å². The van der Waals surface area contributed by atoms with Gasteiger partial charge in [0.15, 0.2) is 0 Å². The Morgan fingerprint density at radius 3 is 2.88 bits per heavy atom. The van der Waals surface area contributed by atoms with E-state index in [2.05, 4.69) is 15.0 Å². The Balaban J connectivity index is 1.88. The Labute approximate surface area is 140 Å². The number of benzene rings is 1. The molecule has 126 valence electrons. The summed E-state index contributed by atoms with van der Waals surface area (Å²) >= 11 is 0. The average molecular weight is 327 g/mol. The first-order chi connectivity index (χ1) is 11.6. The van der Waals surface area contributed by atoms with Crippen molar-refractivity contribution in [1.29, 1.82) is 0 Å². The van der Waals surface area contributed by atoms with Crippen LogP contribution in [0.4, 0.5) is 0 Å². The van der Waals surface area contributed by atoms with Gasteiger partial charge in [0.25, 0.3) is 5.56 Å². The minimum absolute atomic E-state index is 0.0496. The van der Waals surface area contributed by atoms with Gasteiger partial charge in [-0.1, -0.05) is 5.16 Å². The third-order valence-corrected chi connectivity index (χ3v) is 4.17. The Hall–Kier alpha value is -2.60. The normalized spacial score (nSPS) is 12.7. The number of H-pyrrole nitrogens is 1. The molecule has 0 saturated carbocycles. The average Bonchev–Trinajstić information content (AvgIpc) is 3.10. The van der Waals surface area contributed by atoms with Crippen LogP contribution in [0.1, 0.15) is 31.1 Å². The molecule has 3 rings (SSSR count). The van der Waals surface area contributed by atoms with Gasteiger partial charge in [-0.15, -0.1) is 0 Å². The van der Waals surface area contributed by atoms with Gasteiger partial charge in [-0.05, 0) is 45.2 Å². The van der Waals surface area contributed by atoms with E-state index in [1.165, 1.54) is 0 Å². The summed E-state index contributed by atoms with van der Waals surface area (Å²) in [6.45, 7) is 5.10. The molecule has 6 nitrogen and oxygen atoms in total. The lowest BCUT2D eigenvalue weighted by molar-refractivity contribution is 0.240. The molecule has 0 aliphatic carbocycles. The summed E-state index contributed by atoms with van der Waals surface area (Å²) in [6, 6.07) is 9.48. The highest BCUT2D eigenvalue weighted by Gasteiger charge is 2.16. The summed E-state index contributed by atoms with van der Waals surface area (Å²) in [4.78, 5) is 17.3. The second-order valence-corrected chi connectivity index (χ2v) is 5.82. The third-order valence-electron chi connectivity index (χ3n) is 4.17. The Morgan fingerprint density at radius 2 is 2.17 bits per heavy atom. The van der Waals surface area contributed by atoms with Crippen LogP contribution in [-0.4, -0.2) is 28.7 Å². The minimum atomic E-state index is -0.0779. The van der Waals surface area contributed by atoms with Crippen LogP contribution in [0.3, 0.4) is 0 Å². The van der Waals surface area contributed by atoms with Crippen LogP contribution in [0.25, 0.3) is 10.9 Å². The predicted octanol–water partition coefficient (Wildman–Crippen LogP) is 3.11. The zero-order chi connectivity index (χ0) is 17.1. The highest BCUT2D eigenvalue weighted by atomic mass is 16.5. The quantitative estimate of drug-likeness (QED) is 0.753. The number of pyridine rings is 1. The maximum atomic E-state index is 12.3. The Bertz CT molecular complexity index is 871. The summed E-state index contributed by atoms with van der Waals surface area (Å²) < 4.78 is 10.4. The smallest absolute Gasteiger partial charge is 0.252 e. The molecule has 0 fully saturated rings. The number of hydrogen-bond acceptors (Lipinski definition) is 5. The maximum Gasteiger partial charge on any atom is 0.252 e. The van der Waals surface area contributed by atoms with Crippen molar-refractivity contribution in [1.82, 2.24) is 15.0 Å². The predicted molar refractivity (Wildman–Crippen MR) is 92.1 cm³/mol. The van der Waals surface area contributed by atoms with Gasteiger partial charge in [0.2, 0.25) is 0 Å². The van der Waals surface area contributed by atoms with Crippen LogP contribution in [0, 0.1) is 0 Å². The van der Waals surface area contributed by atoms with E-state index in [1.54, 1.807) is 6.26 Å². The molecule has 0 bridgehead atoms. The number of aromatic nitrogens is 2. The molecule has 0 aliphatic rings. The van der Waals surface area contributed by atoms with Crippen LogP contribution in [-0.2, 0) is 6.54 Å². The molecule has 1 N–H and O–H groups in total. The third kappa shape index (κ3) is 3.33. The Morgan fingerprint density at radius 1 is 1.33 bits per heavy atom. The highest BCUT2D eigenvalue weighted by Crippen LogP contribution is 2.21. The molecule has 0 saturated heterocycles. The van der Waals surface area contributed by atoms with E-state index in [-0.39, 0.29) is 11.6 Å². The van der Waals surface area contributed by atoms with Crippen LogP contribution in [0.2, 0.25) is 0 Å². The molecular formula is C18H21N3O3. The minimum Gasteiger partial charge on any atom is -0.494 e. The van der Waals surface area contributed by atoms with Gasteiger partial charge in [0, 0.05) is 29.1 Å². The summed E-state index contributed by atoms with van der Waals surface area (Å²) in [7, 11) is 1.96. The standard InChI is InChI=1S/C18H21N3O3/c1-4-23-15-5-6-17-13(10-15)9-14(18(22)19-17)11-21(3)12(2)16-7-8-24-20-16/h5-10,12H,4,11H2,1-3H3,(H,19,22). The molecule has 0 aliphatic heterocycles. The topological polar surface area (TPSA) is 71.4 Å². The lowest BCUT2D eigenvalue weighted by Gasteiger charge is -2.22. The molecule has 2 heterocycles. The van der Waals surface area contributed by atoms with E-state index in [0.717, 1.165) is 22.3 Å². The fraction of sp³-hybridized carbons (Fsp3) is 0.333. The number of hydrogen-bond donors (Lipinski definition) is 1. The number of aromatic amines is 1. The molecule has 1 unspecified atom stereocenters. The summed E-state index contributed by atoms with van der Waals surface area (Å²) in [5.74, 6) is 0.798. The largest absolute Gasteiger partial charge is 0.494 e. The second-order valence-electron chi connectivity index (χ2n) is 5.82. The molecule has 1 aromatic carbocycles. The number of ether oxygens (including phenoxy) is 1. The van der Waals surface area contributed by atoms with E-state index >= 15 is 0 Å². The van der Waals surface area contributed by atoms with Gasteiger partial charge in [-0.25, -0.2) is 0 Å². The first-order valence-corrected chi connectivity index (χ1v) is 7.97. The van der Waals surface area contributed by atoms with E-state index < -0.39 is 0 Å². The fourth-order valence-electron chi connectivity index (χ4n) is 2.67. The van der Waals surface area contributed by atoms with Gasteiger partial charge in [-0.2, -0.15) is 0 Å². The summed E-state index contributed by atoms with van der Waals surface area (Å²) in [6.07, 6.45) is 1.55. The zero-order valence-electron chi connectivity index (χ0n) is 14.1. The van der Waals surface area contributed by atoms with Gasteiger partial charge in [0.1, 0.15) is 17.7 Å². The van der Waals surface area contributed by atoms with E-state index in [4.69, 9.17) is 9.26 Å². The van der Waals surface area contributed by atoms with Crippen molar-refractivity contribution in [2.24, 2.45) is 0 Å². The van der Waals surface area contributed by atoms with Crippen molar-refractivity contribution in [3.05, 3.63) is 58.2 Å². The molecule has 3 aromatic rings. The maximum absolute atomic E-state index is 12.3. The number of nitrogens with zero attached hydrogens (tertiary/aromatic N) is 2. The molecule has 0 amide bonds. The van der Waals surface area contributed by atoms with E-state index in [1.807, 2.05) is 51.2 Å². The van der Waals surface area contributed by atoms with Crippen molar-refractivity contribution in [2.75, 3.05) is 13.7 Å². The molecule has 0 radical (unpaired) electrons. The van der Waals surface area contributed by atoms with Crippen molar-refractivity contribution in [3.63, 3.8) is 0 Å².